The van der Waals surface area contributed by atoms with E-state index in [0.29, 0.717) is 30.1 Å². The average Bonchev–Trinajstić information content (AvgIpc) is 3.29. The van der Waals surface area contributed by atoms with E-state index in [1.807, 2.05) is 12.3 Å². The van der Waals surface area contributed by atoms with Crippen LogP contribution in [0.2, 0.25) is 0 Å². The van der Waals surface area contributed by atoms with E-state index in [1.54, 1.807) is 18.3 Å². The largest absolute Gasteiger partial charge is 0.496 e. The van der Waals surface area contributed by atoms with Gasteiger partial charge in [0.2, 0.25) is 0 Å². The van der Waals surface area contributed by atoms with E-state index >= 15 is 0 Å². The Morgan fingerprint density at radius 1 is 1.15 bits per heavy atom. The summed E-state index contributed by atoms with van der Waals surface area (Å²) in [4.78, 5) is 9.94. The van der Waals surface area contributed by atoms with Gasteiger partial charge in [-0.2, -0.15) is 0 Å². The molecular weight excluding hydrogens is 459 g/mol. The number of anilines is 2. The summed E-state index contributed by atoms with van der Waals surface area (Å²) in [6.07, 6.45) is 3.59. The molecule has 0 amide bonds. The minimum absolute atomic E-state index is 0.0193. The van der Waals surface area contributed by atoms with Crippen molar-refractivity contribution in [3.8, 4) is 16.9 Å². The molecule has 4 aromatic rings. The third kappa shape index (κ3) is 4.17. The molecule has 1 saturated heterocycles. The maximum Gasteiger partial charge on any atom is 0.262 e. The zero-order valence-corrected chi connectivity index (χ0v) is 19.2. The van der Waals surface area contributed by atoms with Gasteiger partial charge in [0.15, 0.2) is 0 Å². The predicted molar refractivity (Wildman–Crippen MR) is 128 cm³/mol. The molecule has 3 heterocycles. The number of nitrogens with one attached hydrogen (secondary N) is 2. The third-order valence-corrected chi connectivity index (χ3v) is 7.13. The van der Waals surface area contributed by atoms with Crippen molar-refractivity contribution in [1.29, 1.82) is 0 Å². The number of ether oxygens (including phenoxy) is 2. The molecule has 0 atom stereocenters. The van der Waals surface area contributed by atoms with Crippen molar-refractivity contribution in [3.05, 3.63) is 66.7 Å². The second kappa shape index (κ2) is 8.96. The summed E-state index contributed by atoms with van der Waals surface area (Å²) in [6, 6.07) is 12.1. The van der Waals surface area contributed by atoms with Gasteiger partial charge in [-0.15, -0.1) is 0 Å². The zero-order chi connectivity index (χ0) is 23.7. The van der Waals surface area contributed by atoms with Gasteiger partial charge in [0, 0.05) is 42.0 Å². The Bertz CT molecular complexity index is 1450. The normalized spacial score (nSPS) is 14.4. The molecule has 1 aliphatic heterocycles. The molecule has 2 aromatic carbocycles. The second-order valence-electron chi connectivity index (χ2n) is 7.84. The van der Waals surface area contributed by atoms with E-state index < -0.39 is 15.8 Å². The van der Waals surface area contributed by atoms with E-state index in [1.165, 1.54) is 37.4 Å². The molecule has 34 heavy (non-hydrogen) atoms. The number of hydrogen-bond donors (Lipinski definition) is 2. The van der Waals surface area contributed by atoms with E-state index in [-0.39, 0.29) is 10.6 Å². The number of aromatic amines is 1. The first-order valence-electron chi connectivity index (χ1n) is 10.7. The minimum Gasteiger partial charge on any atom is -0.496 e. The van der Waals surface area contributed by atoms with Crippen molar-refractivity contribution in [3.63, 3.8) is 0 Å². The number of hydrogen-bond acceptors (Lipinski definition) is 6. The zero-order valence-electron chi connectivity index (χ0n) is 18.4. The number of benzene rings is 2. The molecule has 10 heteroatoms. The monoisotopic (exact) mass is 482 g/mol. The van der Waals surface area contributed by atoms with Crippen LogP contribution in [0.1, 0.15) is 0 Å². The highest BCUT2D eigenvalue weighted by Gasteiger charge is 2.21. The predicted octanol–water partition coefficient (Wildman–Crippen LogP) is 4.02. The van der Waals surface area contributed by atoms with E-state index in [4.69, 9.17) is 9.47 Å². The summed E-state index contributed by atoms with van der Waals surface area (Å²) < 4.78 is 53.3. The Kier molecular flexibility index (Phi) is 5.84. The lowest BCUT2D eigenvalue weighted by atomic mass is 10.1. The van der Waals surface area contributed by atoms with Crippen LogP contribution in [-0.4, -0.2) is 51.8 Å². The number of H-pyrrole nitrogens is 1. The van der Waals surface area contributed by atoms with E-state index in [2.05, 4.69) is 19.6 Å². The number of aromatic nitrogens is 2. The van der Waals surface area contributed by atoms with Gasteiger partial charge < -0.3 is 19.4 Å². The van der Waals surface area contributed by atoms with Crippen LogP contribution in [0.15, 0.2) is 65.8 Å². The summed E-state index contributed by atoms with van der Waals surface area (Å²) in [5.41, 5.74) is 2.88. The van der Waals surface area contributed by atoms with Crippen molar-refractivity contribution in [2.24, 2.45) is 0 Å². The number of para-hydroxylation sites is 1. The lowest BCUT2D eigenvalue weighted by Crippen LogP contribution is -2.36. The average molecular weight is 483 g/mol. The molecular formula is C24H23FN4O4S. The second-order valence-corrected chi connectivity index (χ2v) is 9.52. The number of fused-ring (bicyclic) bond motifs is 1. The first kappa shape index (κ1) is 22.2. The molecule has 1 aliphatic rings. The first-order chi connectivity index (χ1) is 16.5. The van der Waals surface area contributed by atoms with Crippen LogP contribution in [0.4, 0.5) is 15.8 Å². The Morgan fingerprint density at radius 3 is 2.71 bits per heavy atom. The number of sulfonamides is 1. The molecule has 0 radical (unpaired) electrons. The summed E-state index contributed by atoms with van der Waals surface area (Å²) in [5.74, 6) is -0.160. The topological polar surface area (TPSA) is 96.6 Å². The Morgan fingerprint density at radius 2 is 1.94 bits per heavy atom. The number of methoxy groups -OCH3 is 1. The van der Waals surface area contributed by atoms with Gasteiger partial charge in [-0.1, -0.05) is 12.1 Å². The number of nitrogens with zero attached hydrogens (tertiary/aromatic N) is 2. The lowest BCUT2D eigenvalue weighted by molar-refractivity contribution is 0.123. The van der Waals surface area contributed by atoms with Crippen LogP contribution in [0, 0.1) is 5.82 Å². The number of pyridine rings is 1. The third-order valence-electron chi connectivity index (χ3n) is 5.77. The quantitative estimate of drug-likeness (QED) is 0.431. The Hall–Kier alpha value is -3.63. The van der Waals surface area contributed by atoms with Crippen molar-refractivity contribution in [1.82, 2.24) is 9.97 Å². The summed E-state index contributed by atoms with van der Waals surface area (Å²) in [7, 11) is -2.52. The smallest absolute Gasteiger partial charge is 0.262 e. The lowest BCUT2D eigenvalue weighted by Gasteiger charge is -2.28. The van der Waals surface area contributed by atoms with Gasteiger partial charge in [-0.25, -0.2) is 17.8 Å². The molecule has 1 fully saturated rings. The highest BCUT2D eigenvalue weighted by Crippen LogP contribution is 2.36. The number of morpholine rings is 1. The fourth-order valence-corrected chi connectivity index (χ4v) is 5.12. The Labute approximate surface area is 196 Å². The SMILES string of the molecule is COc1ccc(S(=O)(=O)Nc2ccccc2F)cc1-c1cnc2[nH]cc(N3CCOCC3)c2c1. The van der Waals surface area contributed by atoms with Gasteiger partial charge in [-0.05, 0) is 36.4 Å². The maximum absolute atomic E-state index is 14.0. The standard InChI is InChI=1S/C24H23FN4O4S/c1-32-23-7-6-17(34(30,31)28-21-5-3-2-4-20(21)25)13-18(23)16-12-19-22(15-27-24(19)26-14-16)29-8-10-33-11-9-29/h2-7,12-15,28H,8-11H2,1H3,(H,26,27). The minimum atomic E-state index is -4.04. The maximum atomic E-state index is 14.0. The van der Waals surface area contributed by atoms with Crippen LogP contribution in [0.3, 0.4) is 0 Å². The van der Waals surface area contributed by atoms with E-state index in [9.17, 15) is 12.8 Å². The highest BCUT2D eigenvalue weighted by molar-refractivity contribution is 7.92. The van der Waals surface area contributed by atoms with Gasteiger partial charge in [0.1, 0.15) is 17.2 Å². The molecule has 0 bridgehead atoms. The first-order valence-corrected chi connectivity index (χ1v) is 12.2. The van der Waals surface area contributed by atoms with Crippen molar-refractivity contribution >= 4 is 32.4 Å². The van der Waals surface area contributed by atoms with Crippen molar-refractivity contribution < 1.29 is 22.3 Å². The molecule has 0 saturated carbocycles. The van der Waals surface area contributed by atoms with Crippen LogP contribution >= 0.6 is 0 Å². The van der Waals surface area contributed by atoms with Gasteiger partial charge >= 0.3 is 0 Å². The van der Waals surface area contributed by atoms with E-state index in [0.717, 1.165) is 29.8 Å². The fourth-order valence-electron chi connectivity index (χ4n) is 4.03. The van der Waals surface area contributed by atoms with Crippen LogP contribution in [0.5, 0.6) is 5.75 Å². The van der Waals surface area contributed by atoms with Gasteiger partial charge in [-0.3, -0.25) is 4.72 Å². The molecule has 8 nitrogen and oxygen atoms in total. The van der Waals surface area contributed by atoms with Gasteiger partial charge in [0.25, 0.3) is 10.0 Å². The number of halogens is 1. The molecule has 0 unspecified atom stereocenters. The summed E-state index contributed by atoms with van der Waals surface area (Å²) in [6.45, 7) is 2.86. The van der Waals surface area contributed by atoms with Crippen LogP contribution < -0.4 is 14.4 Å². The van der Waals surface area contributed by atoms with Crippen LogP contribution in [0.25, 0.3) is 22.2 Å². The molecule has 0 aliphatic carbocycles. The molecule has 0 spiro atoms. The molecule has 5 rings (SSSR count). The highest BCUT2D eigenvalue weighted by atomic mass is 32.2. The van der Waals surface area contributed by atoms with Crippen molar-refractivity contribution in [2.45, 2.75) is 4.90 Å². The van der Waals surface area contributed by atoms with Gasteiger partial charge in [0.05, 0.1) is 36.6 Å². The number of rotatable bonds is 6. The molecule has 2 aromatic heterocycles. The molecule has 176 valence electrons. The fraction of sp³-hybridized carbons (Fsp3) is 0.208. The summed E-state index contributed by atoms with van der Waals surface area (Å²) >= 11 is 0. The van der Waals surface area contributed by atoms with Crippen molar-refractivity contribution in [2.75, 3.05) is 43.0 Å². The Balaban J connectivity index is 1.56. The summed E-state index contributed by atoms with van der Waals surface area (Å²) in [5, 5.41) is 0.916. The molecule has 2 N–H and O–H groups in total. The van der Waals surface area contributed by atoms with Crippen LogP contribution in [-0.2, 0) is 14.8 Å².